The van der Waals surface area contributed by atoms with Gasteiger partial charge in [-0.3, -0.25) is 0 Å². The largest absolute Gasteiger partial charge is 0.338 e. The van der Waals surface area contributed by atoms with Gasteiger partial charge < -0.3 is 10.6 Å². The van der Waals surface area contributed by atoms with Crippen LogP contribution in [0.1, 0.15) is 23.6 Å². The van der Waals surface area contributed by atoms with E-state index >= 15 is 0 Å². The molecule has 0 bridgehead atoms. The SMILES string of the molecule is CCNC(=O)NC(C)Cc1ccc(C)s1. The molecule has 4 heteroatoms. The van der Waals surface area contributed by atoms with Crippen LogP contribution in [0.4, 0.5) is 4.79 Å². The van der Waals surface area contributed by atoms with Crippen molar-refractivity contribution in [2.75, 3.05) is 6.54 Å². The summed E-state index contributed by atoms with van der Waals surface area (Å²) >= 11 is 1.78. The molecule has 84 valence electrons. The number of hydrogen-bond donors (Lipinski definition) is 2. The summed E-state index contributed by atoms with van der Waals surface area (Å²) in [5, 5.41) is 5.62. The molecule has 0 aromatic carbocycles. The molecular formula is C11H18N2OS. The fraction of sp³-hybridized carbons (Fsp3) is 0.545. The molecule has 0 aliphatic carbocycles. The number of amides is 2. The molecule has 0 saturated carbocycles. The Balaban J connectivity index is 2.35. The van der Waals surface area contributed by atoms with Gasteiger partial charge in [0.2, 0.25) is 0 Å². The van der Waals surface area contributed by atoms with Gasteiger partial charge in [0.1, 0.15) is 0 Å². The highest BCUT2D eigenvalue weighted by Gasteiger charge is 2.07. The molecule has 0 radical (unpaired) electrons. The normalized spacial score (nSPS) is 12.2. The van der Waals surface area contributed by atoms with Crippen LogP contribution < -0.4 is 10.6 Å². The Labute approximate surface area is 94.9 Å². The number of rotatable bonds is 4. The Morgan fingerprint density at radius 1 is 1.53 bits per heavy atom. The molecule has 1 rings (SSSR count). The van der Waals surface area contributed by atoms with Crippen LogP contribution in [0, 0.1) is 6.92 Å². The summed E-state index contributed by atoms with van der Waals surface area (Å²) in [5.74, 6) is 0. The standard InChI is InChI=1S/C11H18N2OS/c1-4-12-11(14)13-8(2)7-10-6-5-9(3)15-10/h5-6,8H,4,7H2,1-3H3,(H2,12,13,14). The molecule has 1 aromatic rings. The minimum Gasteiger partial charge on any atom is -0.338 e. The number of hydrogen-bond acceptors (Lipinski definition) is 2. The highest BCUT2D eigenvalue weighted by Crippen LogP contribution is 2.16. The molecule has 2 amide bonds. The van der Waals surface area contributed by atoms with Crippen LogP contribution in [0.2, 0.25) is 0 Å². The van der Waals surface area contributed by atoms with Gasteiger partial charge in [0, 0.05) is 28.8 Å². The summed E-state index contributed by atoms with van der Waals surface area (Å²) in [4.78, 5) is 13.9. The van der Waals surface area contributed by atoms with Crippen LogP contribution in [0.3, 0.4) is 0 Å². The molecule has 0 saturated heterocycles. The third-order valence-electron chi connectivity index (χ3n) is 2.02. The molecule has 0 aliphatic rings. The van der Waals surface area contributed by atoms with E-state index in [2.05, 4.69) is 29.7 Å². The predicted octanol–water partition coefficient (Wildman–Crippen LogP) is 2.31. The number of thiophene rings is 1. The van der Waals surface area contributed by atoms with Gasteiger partial charge in [0.05, 0.1) is 0 Å². The summed E-state index contributed by atoms with van der Waals surface area (Å²) < 4.78 is 0. The van der Waals surface area contributed by atoms with Gasteiger partial charge in [-0.2, -0.15) is 0 Å². The van der Waals surface area contributed by atoms with Crippen molar-refractivity contribution in [1.82, 2.24) is 10.6 Å². The second-order valence-electron chi connectivity index (χ2n) is 3.62. The third kappa shape index (κ3) is 4.34. The van der Waals surface area contributed by atoms with E-state index in [0.29, 0.717) is 6.54 Å². The van der Waals surface area contributed by atoms with Crippen LogP contribution >= 0.6 is 11.3 Å². The highest BCUT2D eigenvalue weighted by molar-refractivity contribution is 7.11. The van der Waals surface area contributed by atoms with Gasteiger partial charge in [-0.1, -0.05) is 0 Å². The first-order valence-corrected chi connectivity index (χ1v) is 6.03. The van der Waals surface area contributed by atoms with E-state index < -0.39 is 0 Å². The maximum absolute atomic E-state index is 11.2. The first-order valence-electron chi connectivity index (χ1n) is 5.21. The zero-order valence-electron chi connectivity index (χ0n) is 9.46. The second-order valence-corrected chi connectivity index (χ2v) is 4.99. The van der Waals surface area contributed by atoms with Crippen molar-refractivity contribution < 1.29 is 4.79 Å². The van der Waals surface area contributed by atoms with Crippen molar-refractivity contribution in [3.8, 4) is 0 Å². The molecule has 0 aliphatic heterocycles. The fourth-order valence-corrected chi connectivity index (χ4v) is 2.40. The predicted molar refractivity (Wildman–Crippen MR) is 64.4 cm³/mol. The average Bonchev–Trinajstić information content (AvgIpc) is 2.51. The molecule has 0 spiro atoms. The Hall–Kier alpha value is -1.03. The highest BCUT2D eigenvalue weighted by atomic mass is 32.1. The molecule has 0 fully saturated rings. The molecule has 1 heterocycles. The maximum Gasteiger partial charge on any atom is 0.314 e. The van der Waals surface area contributed by atoms with E-state index in [0.717, 1.165) is 6.42 Å². The van der Waals surface area contributed by atoms with Gasteiger partial charge in [-0.05, 0) is 32.9 Å². The Morgan fingerprint density at radius 3 is 2.80 bits per heavy atom. The summed E-state index contributed by atoms with van der Waals surface area (Å²) in [6.45, 7) is 6.68. The maximum atomic E-state index is 11.2. The lowest BCUT2D eigenvalue weighted by Crippen LogP contribution is -2.41. The van der Waals surface area contributed by atoms with Gasteiger partial charge in [-0.25, -0.2) is 4.79 Å². The van der Waals surface area contributed by atoms with E-state index in [1.165, 1.54) is 9.75 Å². The summed E-state index contributed by atoms with van der Waals surface area (Å²) in [6, 6.07) is 4.32. The van der Waals surface area contributed by atoms with Gasteiger partial charge >= 0.3 is 6.03 Å². The van der Waals surface area contributed by atoms with Crippen LogP contribution in [0.5, 0.6) is 0 Å². The zero-order chi connectivity index (χ0) is 11.3. The monoisotopic (exact) mass is 226 g/mol. The third-order valence-corrected chi connectivity index (χ3v) is 3.04. The lowest BCUT2D eigenvalue weighted by atomic mass is 10.2. The molecule has 3 nitrogen and oxygen atoms in total. The van der Waals surface area contributed by atoms with Crippen molar-refractivity contribution in [3.63, 3.8) is 0 Å². The van der Waals surface area contributed by atoms with Crippen molar-refractivity contribution in [2.24, 2.45) is 0 Å². The van der Waals surface area contributed by atoms with E-state index in [1.807, 2.05) is 13.8 Å². The van der Waals surface area contributed by atoms with Crippen molar-refractivity contribution in [3.05, 3.63) is 21.9 Å². The van der Waals surface area contributed by atoms with Crippen LogP contribution in [-0.2, 0) is 6.42 Å². The Morgan fingerprint density at radius 2 is 2.27 bits per heavy atom. The molecule has 2 N–H and O–H groups in total. The zero-order valence-corrected chi connectivity index (χ0v) is 10.3. The van der Waals surface area contributed by atoms with Crippen molar-refractivity contribution in [2.45, 2.75) is 33.2 Å². The van der Waals surface area contributed by atoms with E-state index in [1.54, 1.807) is 11.3 Å². The quantitative estimate of drug-likeness (QED) is 0.812. The average molecular weight is 226 g/mol. The minimum absolute atomic E-state index is 0.0849. The smallest absolute Gasteiger partial charge is 0.314 e. The molecular weight excluding hydrogens is 208 g/mol. The second kappa shape index (κ2) is 5.75. The van der Waals surface area contributed by atoms with Gasteiger partial charge in [0.25, 0.3) is 0 Å². The Kier molecular flexibility index (Phi) is 4.62. The summed E-state index contributed by atoms with van der Waals surface area (Å²) in [7, 11) is 0. The van der Waals surface area contributed by atoms with Crippen LogP contribution in [0.15, 0.2) is 12.1 Å². The number of nitrogens with one attached hydrogen (secondary N) is 2. The van der Waals surface area contributed by atoms with Crippen molar-refractivity contribution in [1.29, 1.82) is 0 Å². The van der Waals surface area contributed by atoms with E-state index in [4.69, 9.17) is 0 Å². The topological polar surface area (TPSA) is 41.1 Å². The first kappa shape index (κ1) is 12.0. The van der Waals surface area contributed by atoms with E-state index in [9.17, 15) is 4.79 Å². The summed E-state index contributed by atoms with van der Waals surface area (Å²) in [6.07, 6.45) is 0.898. The Bertz CT molecular complexity index is 322. The molecule has 1 aromatic heterocycles. The lowest BCUT2D eigenvalue weighted by molar-refractivity contribution is 0.238. The minimum atomic E-state index is -0.0849. The first-order chi connectivity index (χ1) is 7.11. The molecule has 1 atom stereocenters. The number of carbonyl (C=O) groups excluding carboxylic acids is 1. The van der Waals surface area contributed by atoms with Crippen LogP contribution in [-0.4, -0.2) is 18.6 Å². The van der Waals surface area contributed by atoms with Gasteiger partial charge in [-0.15, -0.1) is 11.3 Å². The summed E-state index contributed by atoms with van der Waals surface area (Å²) in [5.41, 5.74) is 0. The molecule has 15 heavy (non-hydrogen) atoms. The van der Waals surface area contributed by atoms with E-state index in [-0.39, 0.29) is 12.1 Å². The number of aryl methyl sites for hydroxylation is 1. The van der Waals surface area contributed by atoms with Crippen molar-refractivity contribution >= 4 is 17.4 Å². The molecule has 1 unspecified atom stereocenters. The number of urea groups is 1. The number of carbonyl (C=O) groups is 1. The van der Waals surface area contributed by atoms with Gasteiger partial charge in [0.15, 0.2) is 0 Å². The van der Waals surface area contributed by atoms with Crippen LogP contribution in [0.25, 0.3) is 0 Å². The lowest BCUT2D eigenvalue weighted by Gasteiger charge is -2.12. The fourth-order valence-electron chi connectivity index (χ4n) is 1.38.